The van der Waals surface area contributed by atoms with E-state index in [1.54, 1.807) is 48.5 Å². The van der Waals surface area contributed by atoms with Gasteiger partial charge in [-0.2, -0.15) is 0 Å². The number of halogens is 2. The fourth-order valence-electron chi connectivity index (χ4n) is 3.27. The summed E-state index contributed by atoms with van der Waals surface area (Å²) >= 11 is 6.83. The van der Waals surface area contributed by atoms with E-state index in [-0.39, 0.29) is 17.0 Å². The van der Waals surface area contributed by atoms with Crippen LogP contribution in [0, 0.1) is 5.82 Å². The van der Waals surface area contributed by atoms with Gasteiger partial charge in [-0.05, 0) is 59.3 Å². The van der Waals surface area contributed by atoms with Crippen LogP contribution in [0.15, 0.2) is 71.6 Å². The molecule has 1 aliphatic rings. The van der Waals surface area contributed by atoms with E-state index in [0.29, 0.717) is 28.7 Å². The maximum Gasteiger partial charge on any atom is 0.293 e. The predicted octanol–water partition coefficient (Wildman–Crippen LogP) is 6.30. The Morgan fingerprint density at radius 1 is 1.03 bits per heavy atom. The maximum absolute atomic E-state index is 14.0. The summed E-state index contributed by atoms with van der Waals surface area (Å²) in [7, 11) is 1.52. The second kappa shape index (κ2) is 10.1. The SMILES string of the molecule is COc1cc(/C=C2\SC(=O)N(Cc3ccccc3F)C2=O)ccc1OCc1cccc(Cl)c1. The molecular weight excluding hydrogens is 465 g/mol. The summed E-state index contributed by atoms with van der Waals surface area (Å²) in [4.78, 5) is 26.4. The Morgan fingerprint density at radius 3 is 2.61 bits per heavy atom. The number of imide groups is 1. The fraction of sp³-hybridized carbons (Fsp3) is 0.120. The lowest BCUT2D eigenvalue weighted by Gasteiger charge is -2.13. The van der Waals surface area contributed by atoms with Crippen molar-refractivity contribution in [2.24, 2.45) is 0 Å². The molecule has 0 atom stereocenters. The van der Waals surface area contributed by atoms with Gasteiger partial charge < -0.3 is 9.47 Å². The highest BCUT2D eigenvalue weighted by molar-refractivity contribution is 8.18. The molecule has 0 aromatic heterocycles. The van der Waals surface area contributed by atoms with Crippen molar-refractivity contribution in [3.63, 3.8) is 0 Å². The normalized spacial score (nSPS) is 14.8. The molecule has 5 nitrogen and oxygen atoms in total. The Bertz CT molecular complexity index is 1250. The molecule has 0 saturated carbocycles. The second-order valence-corrected chi connectivity index (χ2v) is 8.62. The zero-order valence-corrected chi connectivity index (χ0v) is 19.2. The summed E-state index contributed by atoms with van der Waals surface area (Å²) in [6.07, 6.45) is 1.61. The number of thioether (sulfide) groups is 1. The van der Waals surface area contributed by atoms with Gasteiger partial charge in [-0.3, -0.25) is 14.5 Å². The summed E-state index contributed by atoms with van der Waals surface area (Å²) in [5.74, 6) is 0.0887. The fourth-order valence-corrected chi connectivity index (χ4v) is 4.32. The lowest BCUT2D eigenvalue weighted by Crippen LogP contribution is -2.27. The first-order valence-electron chi connectivity index (χ1n) is 9.98. The topological polar surface area (TPSA) is 55.8 Å². The molecule has 0 bridgehead atoms. The van der Waals surface area contributed by atoms with Crippen LogP contribution in [0.25, 0.3) is 6.08 Å². The van der Waals surface area contributed by atoms with Crippen molar-refractivity contribution in [3.8, 4) is 11.5 Å². The van der Waals surface area contributed by atoms with E-state index in [2.05, 4.69) is 0 Å². The molecule has 33 heavy (non-hydrogen) atoms. The number of carbonyl (C=O) groups is 2. The first kappa shape index (κ1) is 22.9. The molecule has 1 fully saturated rings. The Balaban J connectivity index is 1.49. The van der Waals surface area contributed by atoms with Gasteiger partial charge in [0.2, 0.25) is 0 Å². The number of hydrogen-bond acceptors (Lipinski definition) is 5. The number of carbonyl (C=O) groups excluding carboxylic acids is 2. The van der Waals surface area contributed by atoms with Crippen LogP contribution in [0.3, 0.4) is 0 Å². The van der Waals surface area contributed by atoms with E-state index in [9.17, 15) is 14.0 Å². The van der Waals surface area contributed by atoms with Crippen molar-refractivity contribution in [2.45, 2.75) is 13.2 Å². The van der Waals surface area contributed by atoms with Crippen molar-refractivity contribution in [2.75, 3.05) is 7.11 Å². The average Bonchev–Trinajstić information content (AvgIpc) is 3.07. The standard InChI is InChI=1S/C25H19ClFNO4S/c1-31-22-12-16(9-10-21(22)32-15-17-5-4-7-19(26)11-17)13-23-24(29)28(25(30)33-23)14-18-6-2-3-8-20(18)27/h2-13H,14-15H2,1H3/b23-13-. The number of nitrogens with zero attached hydrogens (tertiary/aromatic N) is 1. The second-order valence-electron chi connectivity index (χ2n) is 7.19. The molecule has 1 aliphatic heterocycles. The molecule has 4 rings (SSSR count). The van der Waals surface area contributed by atoms with Gasteiger partial charge in [-0.25, -0.2) is 4.39 Å². The Morgan fingerprint density at radius 2 is 1.85 bits per heavy atom. The summed E-state index contributed by atoms with van der Waals surface area (Å²) in [5, 5.41) is 0.185. The number of benzene rings is 3. The van der Waals surface area contributed by atoms with E-state index in [1.165, 1.54) is 13.2 Å². The van der Waals surface area contributed by atoms with Crippen LogP contribution in [0.4, 0.5) is 9.18 Å². The van der Waals surface area contributed by atoms with Crippen LogP contribution in [0.2, 0.25) is 5.02 Å². The van der Waals surface area contributed by atoms with Crippen molar-refractivity contribution < 1.29 is 23.5 Å². The molecule has 1 saturated heterocycles. The quantitative estimate of drug-likeness (QED) is 0.369. The molecule has 0 spiro atoms. The number of hydrogen-bond donors (Lipinski definition) is 0. The highest BCUT2D eigenvalue weighted by Crippen LogP contribution is 2.35. The van der Waals surface area contributed by atoms with Crippen molar-refractivity contribution in [1.82, 2.24) is 4.90 Å². The molecule has 3 aromatic carbocycles. The zero-order chi connectivity index (χ0) is 23.4. The van der Waals surface area contributed by atoms with Gasteiger partial charge >= 0.3 is 0 Å². The average molecular weight is 484 g/mol. The molecule has 0 aliphatic carbocycles. The maximum atomic E-state index is 14.0. The van der Waals surface area contributed by atoms with Crippen LogP contribution in [-0.4, -0.2) is 23.2 Å². The van der Waals surface area contributed by atoms with E-state index in [4.69, 9.17) is 21.1 Å². The first-order chi connectivity index (χ1) is 15.9. The Kier molecular flexibility index (Phi) is 7.01. The lowest BCUT2D eigenvalue weighted by molar-refractivity contribution is -0.123. The molecule has 1 heterocycles. The number of rotatable bonds is 7. The summed E-state index contributed by atoms with van der Waals surface area (Å²) in [6, 6.07) is 18.7. The van der Waals surface area contributed by atoms with Gasteiger partial charge in [-0.1, -0.05) is 48.0 Å². The van der Waals surface area contributed by atoms with Gasteiger partial charge in [0.05, 0.1) is 18.6 Å². The summed E-state index contributed by atoms with van der Waals surface area (Å²) in [5.41, 5.74) is 1.86. The van der Waals surface area contributed by atoms with E-state index in [0.717, 1.165) is 22.2 Å². The third kappa shape index (κ3) is 5.38. The molecule has 0 radical (unpaired) electrons. The minimum absolute atomic E-state index is 0.117. The Labute approximate surface area is 199 Å². The third-order valence-corrected chi connectivity index (χ3v) is 6.07. The summed E-state index contributed by atoms with van der Waals surface area (Å²) < 4.78 is 25.2. The number of amides is 2. The Hall–Kier alpha value is -3.29. The molecule has 0 unspecified atom stereocenters. The molecular formula is C25H19ClFNO4S. The monoisotopic (exact) mass is 483 g/mol. The van der Waals surface area contributed by atoms with E-state index >= 15 is 0 Å². The van der Waals surface area contributed by atoms with Gasteiger partial charge in [0.25, 0.3) is 11.1 Å². The highest BCUT2D eigenvalue weighted by atomic mass is 35.5. The van der Waals surface area contributed by atoms with Crippen LogP contribution in [-0.2, 0) is 17.9 Å². The van der Waals surface area contributed by atoms with Crippen LogP contribution in [0.5, 0.6) is 11.5 Å². The van der Waals surface area contributed by atoms with Crippen molar-refractivity contribution >= 4 is 40.6 Å². The largest absolute Gasteiger partial charge is 0.493 e. The van der Waals surface area contributed by atoms with Gasteiger partial charge in [0, 0.05) is 10.6 Å². The first-order valence-corrected chi connectivity index (χ1v) is 11.2. The molecule has 0 N–H and O–H groups in total. The predicted molar refractivity (Wildman–Crippen MR) is 127 cm³/mol. The lowest BCUT2D eigenvalue weighted by atomic mass is 10.1. The van der Waals surface area contributed by atoms with Crippen LogP contribution >= 0.6 is 23.4 Å². The van der Waals surface area contributed by atoms with Crippen LogP contribution in [0.1, 0.15) is 16.7 Å². The minimum atomic E-state index is -0.464. The molecule has 8 heteroatoms. The van der Waals surface area contributed by atoms with E-state index < -0.39 is 17.0 Å². The van der Waals surface area contributed by atoms with Crippen molar-refractivity contribution in [1.29, 1.82) is 0 Å². The third-order valence-electron chi connectivity index (χ3n) is 4.93. The molecule has 3 aromatic rings. The van der Waals surface area contributed by atoms with Gasteiger partial charge in [0.1, 0.15) is 12.4 Å². The summed E-state index contributed by atoms with van der Waals surface area (Å²) in [6.45, 7) is 0.194. The van der Waals surface area contributed by atoms with Gasteiger partial charge in [-0.15, -0.1) is 0 Å². The zero-order valence-electron chi connectivity index (χ0n) is 17.6. The van der Waals surface area contributed by atoms with E-state index in [1.807, 2.05) is 18.2 Å². The van der Waals surface area contributed by atoms with Crippen LogP contribution < -0.4 is 9.47 Å². The minimum Gasteiger partial charge on any atom is -0.493 e. The molecule has 2 amide bonds. The highest BCUT2D eigenvalue weighted by Gasteiger charge is 2.35. The number of methoxy groups -OCH3 is 1. The smallest absolute Gasteiger partial charge is 0.293 e. The molecule has 168 valence electrons. The van der Waals surface area contributed by atoms with Gasteiger partial charge in [0.15, 0.2) is 11.5 Å². The van der Waals surface area contributed by atoms with Crippen molar-refractivity contribution in [3.05, 3.63) is 99.2 Å². The number of ether oxygens (including phenoxy) is 2.